The quantitative estimate of drug-likeness (QED) is 0.121. The maximum absolute atomic E-state index is 2.41. The molecule has 6 aromatic carbocycles. The summed E-state index contributed by atoms with van der Waals surface area (Å²) in [5, 5.41) is 5.50. The zero-order chi connectivity index (χ0) is 36.1. The first-order valence-electron chi connectivity index (χ1n) is 18.1. The van der Waals surface area contributed by atoms with Gasteiger partial charge in [0.25, 0.3) is 0 Å². The summed E-state index contributed by atoms with van der Waals surface area (Å²) in [6, 6.07) is 38.7. The van der Waals surface area contributed by atoms with E-state index in [4.69, 9.17) is 0 Å². The summed E-state index contributed by atoms with van der Waals surface area (Å²) in [6.07, 6.45) is 2.50. The number of rotatable bonds is 5. The predicted octanol–water partition coefficient (Wildman–Crippen LogP) is 8.36. The van der Waals surface area contributed by atoms with E-state index in [1.165, 1.54) is 84.5 Å². The molecular weight excluding hydrogens is 755 g/mol. The van der Waals surface area contributed by atoms with E-state index in [1.807, 2.05) is 0 Å². The Morgan fingerprint density at radius 1 is 0.667 bits per heavy atom. The number of hydrogen-bond acceptors (Lipinski definition) is 0. The van der Waals surface area contributed by atoms with Crippen LogP contribution >= 0.6 is 0 Å². The molecule has 0 heterocycles. The summed E-state index contributed by atoms with van der Waals surface area (Å²) in [7, 11) is 0. The Morgan fingerprint density at radius 3 is 1.63 bits per heavy atom. The molecular formula is C47H58Cl2SiZr-2. The SMILES string of the molecule is CCCC(C)c1cc2c(-c3ccc(C(C)(C)C)cc3)cccc2[cH-]1.C[Si](C)=[Zr+2].Cc1cc2c(-c3ccc(C(C)(C)C)cc3)ccc(C)c2[cH-]1.[Cl-].[Cl-]. The first-order valence-corrected chi connectivity index (χ1v) is 24.3. The number of fused-ring (bicyclic) bond motifs is 2. The van der Waals surface area contributed by atoms with Gasteiger partial charge in [0.05, 0.1) is 0 Å². The Morgan fingerprint density at radius 2 is 1.16 bits per heavy atom. The molecule has 6 aromatic rings. The summed E-state index contributed by atoms with van der Waals surface area (Å²) in [4.78, 5) is 0. The van der Waals surface area contributed by atoms with Gasteiger partial charge in [0.2, 0.25) is 0 Å². The van der Waals surface area contributed by atoms with Gasteiger partial charge in [-0.15, -0.1) is 68.6 Å². The Kier molecular flexibility index (Phi) is 16.9. The second kappa shape index (κ2) is 19.2. The van der Waals surface area contributed by atoms with E-state index in [9.17, 15) is 0 Å². The largest absolute Gasteiger partial charge is 1.00 e. The van der Waals surface area contributed by atoms with Gasteiger partial charge in [0, 0.05) is 0 Å². The Hall–Kier alpha value is -2.22. The van der Waals surface area contributed by atoms with Crippen molar-refractivity contribution in [2.75, 3.05) is 0 Å². The molecule has 6 rings (SSSR count). The fourth-order valence-corrected chi connectivity index (χ4v) is 6.53. The van der Waals surface area contributed by atoms with Gasteiger partial charge in [-0.25, -0.2) is 0 Å². The summed E-state index contributed by atoms with van der Waals surface area (Å²) in [6.45, 7) is 27.2. The molecule has 0 nitrogen and oxygen atoms in total. The zero-order valence-corrected chi connectivity index (χ0v) is 38.0. The van der Waals surface area contributed by atoms with Crippen LogP contribution in [0.4, 0.5) is 0 Å². The van der Waals surface area contributed by atoms with Crippen molar-refractivity contribution in [2.45, 2.75) is 112 Å². The second-order valence-corrected chi connectivity index (χ2v) is 25.6. The topological polar surface area (TPSA) is 0 Å². The van der Waals surface area contributed by atoms with Crippen molar-refractivity contribution in [1.29, 1.82) is 0 Å². The van der Waals surface area contributed by atoms with Gasteiger partial charge in [0.15, 0.2) is 0 Å². The third-order valence-electron chi connectivity index (χ3n) is 9.44. The zero-order valence-electron chi connectivity index (χ0n) is 33.1. The monoisotopic (exact) mass is 810 g/mol. The Labute approximate surface area is 337 Å². The molecule has 0 aromatic heterocycles. The van der Waals surface area contributed by atoms with Gasteiger partial charge < -0.3 is 24.8 Å². The molecule has 0 radical (unpaired) electrons. The van der Waals surface area contributed by atoms with Gasteiger partial charge in [-0.1, -0.05) is 147 Å². The van der Waals surface area contributed by atoms with E-state index in [0.29, 0.717) is 5.92 Å². The van der Waals surface area contributed by atoms with Crippen LogP contribution < -0.4 is 24.8 Å². The van der Waals surface area contributed by atoms with Crippen molar-refractivity contribution < 1.29 is 48.1 Å². The standard InChI is InChI=1S/C24H29.C21H23.C2H6Si.2ClH.Zr/c1-6-8-17(2)20-15-19-9-7-10-22(23(19)16-20)18-11-13-21(14-12-18)24(3,4)5;1-14-12-19-15(2)6-11-18(20(19)13-14)16-7-9-17(10-8-16)21(3,4)5;1-3-2;;;/h7,9-17H,6,8H2,1-5H3;6-13H,1-5H3;1-2H3;2*1H;/q2*-1;;;;+2/p-2. The third-order valence-corrected chi connectivity index (χ3v) is 9.44. The molecule has 0 spiro atoms. The Bertz CT molecular complexity index is 1990. The van der Waals surface area contributed by atoms with E-state index in [2.05, 4.69) is 185 Å². The molecule has 1 atom stereocenters. The van der Waals surface area contributed by atoms with E-state index < -0.39 is 0 Å². The smallest absolute Gasteiger partial charge is 0.0132 e. The van der Waals surface area contributed by atoms with Gasteiger partial charge in [0.1, 0.15) is 0 Å². The average molecular weight is 813 g/mol. The molecule has 51 heavy (non-hydrogen) atoms. The first-order chi connectivity index (χ1) is 23.0. The molecule has 0 bridgehead atoms. The first kappa shape index (κ1) is 44.9. The molecule has 0 aliphatic rings. The number of halogens is 2. The van der Waals surface area contributed by atoms with Crippen LogP contribution in [0.15, 0.2) is 103 Å². The Balaban J connectivity index is 0.000000311. The summed E-state index contributed by atoms with van der Waals surface area (Å²) >= 11 is 1.74. The molecule has 0 N–H and O–H groups in total. The number of hydrogen-bond donors (Lipinski definition) is 0. The van der Waals surface area contributed by atoms with Crippen LogP contribution in [0.3, 0.4) is 0 Å². The molecule has 1 unspecified atom stereocenters. The van der Waals surface area contributed by atoms with Crippen LogP contribution in [-0.4, -0.2) is 5.43 Å². The van der Waals surface area contributed by atoms with Gasteiger partial charge >= 0.3 is 41.9 Å². The minimum atomic E-state index is 0. The third kappa shape index (κ3) is 11.9. The van der Waals surface area contributed by atoms with E-state index in [1.54, 1.807) is 23.3 Å². The van der Waals surface area contributed by atoms with E-state index in [-0.39, 0.29) is 41.1 Å². The summed E-state index contributed by atoms with van der Waals surface area (Å²) < 4.78 is 0. The number of aryl methyl sites for hydroxylation is 2. The minimum Gasteiger partial charge on any atom is -1.00 e. The van der Waals surface area contributed by atoms with Gasteiger partial charge in [-0.2, -0.15) is 12.1 Å². The van der Waals surface area contributed by atoms with Crippen molar-refractivity contribution in [3.63, 3.8) is 0 Å². The van der Waals surface area contributed by atoms with Crippen LogP contribution in [0.1, 0.15) is 102 Å². The maximum Gasteiger partial charge on any atom is -0.0132 e. The van der Waals surface area contributed by atoms with Crippen molar-refractivity contribution in [3.8, 4) is 22.3 Å². The van der Waals surface area contributed by atoms with Crippen LogP contribution in [-0.2, 0) is 34.2 Å². The molecule has 4 heteroatoms. The van der Waals surface area contributed by atoms with Crippen molar-refractivity contribution in [1.82, 2.24) is 0 Å². The van der Waals surface area contributed by atoms with E-state index >= 15 is 0 Å². The van der Waals surface area contributed by atoms with Gasteiger partial charge in [-0.05, 0) is 45.4 Å². The van der Waals surface area contributed by atoms with Crippen molar-refractivity contribution in [2.24, 2.45) is 0 Å². The van der Waals surface area contributed by atoms with E-state index in [0.717, 1.165) is 0 Å². The predicted molar refractivity (Wildman–Crippen MR) is 218 cm³/mol. The molecule has 0 saturated carbocycles. The molecule has 0 fully saturated rings. The van der Waals surface area contributed by atoms with Crippen molar-refractivity contribution in [3.05, 3.63) is 131 Å². The molecule has 0 amide bonds. The fourth-order valence-electron chi connectivity index (χ4n) is 6.53. The van der Waals surface area contributed by atoms with Crippen LogP contribution in [0.25, 0.3) is 43.8 Å². The van der Waals surface area contributed by atoms with Crippen LogP contribution in [0, 0.1) is 13.8 Å². The maximum atomic E-state index is 2.41. The molecule has 0 aliphatic heterocycles. The fraction of sp³-hybridized carbons (Fsp3) is 0.362. The number of benzene rings is 4. The van der Waals surface area contributed by atoms with Gasteiger partial charge in [-0.3, -0.25) is 0 Å². The van der Waals surface area contributed by atoms with Crippen LogP contribution in [0.2, 0.25) is 13.1 Å². The summed E-state index contributed by atoms with van der Waals surface area (Å²) in [5.74, 6) is 0.638. The van der Waals surface area contributed by atoms with Crippen molar-refractivity contribution >= 4 is 27.0 Å². The molecule has 0 aliphatic carbocycles. The molecule has 270 valence electrons. The minimum absolute atomic E-state index is 0. The average Bonchev–Trinajstić information content (AvgIpc) is 3.65. The summed E-state index contributed by atoms with van der Waals surface area (Å²) in [5.41, 5.74) is 12.9. The van der Waals surface area contributed by atoms with Crippen LogP contribution in [0.5, 0.6) is 0 Å². The normalized spacial score (nSPS) is 11.8. The second-order valence-electron chi connectivity index (χ2n) is 16.2. The molecule has 0 saturated heterocycles.